The van der Waals surface area contributed by atoms with Crippen LogP contribution in [0.1, 0.15) is 124 Å². The first kappa shape index (κ1) is 63.4. The molecule has 0 amide bonds. The number of aliphatic hydroxyl groups excluding tert-OH is 3. The Morgan fingerprint density at radius 3 is 2.21 bits per heavy atom. The number of piperazine rings is 1. The molecule has 1 aromatic carbocycles. The highest BCUT2D eigenvalue weighted by Gasteiger charge is 2.55. The zero-order valence-corrected chi connectivity index (χ0v) is 49.0. The number of carbonyl (C=O) groups excluding carboxylic acids is 1. The van der Waals surface area contributed by atoms with Crippen LogP contribution >= 0.6 is 0 Å². The highest BCUT2D eigenvalue weighted by Crippen LogP contribution is 2.45. The standard InChI is InChI=1S/C57H98FN7O12/c1-16-46-57(10,71)50(67)38(6)63(13)31-34(2)28-55(8,70)52(36(4)47(37(5)53(69)76-46)45-29-56(9,73-15)51(68)39(7)75-45)77-54-48(66)43(27-35(3)74-54)62(12)22-21-42-33-65(60-59-42)44(30-58)49(72-14)41-19-17-40(18-20-41)32-64-25-23-61(11)24-26-64/h17-20,33-39,43-52,54,66-68,70-71H,16,21-32H2,1-15H3/t34-,35-,36+,37-,38-,39+,43+,44-,45-,46-,47?,48-,49-,50-,51+,52-,54+,55-,56-,57-/m1/s1. The number of benzene rings is 1. The van der Waals surface area contributed by atoms with Gasteiger partial charge in [0.05, 0.1) is 47.2 Å². The summed E-state index contributed by atoms with van der Waals surface area (Å²) in [7, 11) is 9.01. The second-order valence-electron chi connectivity index (χ2n) is 24.4. The van der Waals surface area contributed by atoms with E-state index in [9.17, 15) is 34.7 Å². The number of hydrogen-bond donors (Lipinski definition) is 5. The average Bonchev–Trinajstić information content (AvgIpc) is 3.86. The zero-order chi connectivity index (χ0) is 56.9. The average molecular weight is 1090 g/mol. The molecule has 77 heavy (non-hydrogen) atoms. The van der Waals surface area contributed by atoms with Crippen LogP contribution in [0.3, 0.4) is 0 Å². The summed E-state index contributed by atoms with van der Waals surface area (Å²) in [6.45, 7) is 23.0. The maximum atomic E-state index is 15.0. The van der Waals surface area contributed by atoms with Gasteiger partial charge in [-0.2, -0.15) is 0 Å². The van der Waals surface area contributed by atoms with Crippen LogP contribution < -0.4 is 0 Å². The number of hydrogen-bond acceptors (Lipinski definition) is 18. The lowest BCUT2D eigenvalue weighted by molar-refractivity contribution is -0.302. The fraction of sp³-hybridized carbons (Fsp3) is 0.842. The second kappa shape index (κ2) is 26.9. The number of carbonyl (C=O) groups is 1. The molecule has 19 nitrogen and oxygen atoms in total. The molecule has 0 spiro atoms. The molecule has 0 bridgehead atoms. The van der Waals surface area contributed by atoms with Crippen molar-refractivity contribution in [2.75, 3.05) is 81.3 Å². The highest BCUT2D eigenvalue weighted by atomic mass is 19.1. The molecule has 20 atom stereocenters. The fourth-order valence-corrected chi connectivity index (χ4v) is 13.1. The number of aromatic nitrogens is 3. The summed E-state index contributed by atoms with van der Waals surface area (Å²) in [5.74, 6) is -3.23. The lowest BCUT2D eigenvalue weighted by Crippen LogP contribution is -2.62. The van der Waals surface area contributed by atoms with Gasteiger partial charge in [0.25, 0.3) is 0 Å². The first-order chi connectivity index (χ1) is 36.2. The lowest BCUT2D eigenvalue weighted by atomic mass is 9.68. The monoisotopic (exact) mass is 1090 g/mol. The Morgan fingerprint density at radius 1 is 0.935 bits per heavy atom. The SMILES string of the molecule is CC[C@H]1OC(=O)[C@H](C)C([C@H]2C[C@@](C)(OC)[C@@H](O)[C@H](C)O2)[C@H](C)[C@@H](O[C@@H]2O[C@H](C)C[C@H](N(C)CCc3cn([C@H](CF)[C@H](OC)c4ccc(CN5CCN(C)CC5)cc4)nn3)[C@H]2O)[C@](C)(O)C[C@@H](C)CN(C)[C@H](C)[C@@H](O)[C@]1(C)O. The summed E-state index contributed by atoms with van der Waals surface area (Å²) in [5, 5.41) is 69.2. The Labute approximate surface area is 458 Å². The van der Waals surface area contributed by atoms with Gasteiger partial charge in [0.15, 0.2) is 6.29 Å². The smallest absolute Gasteiger partial charge is 0.309 e. The first-order valence-electron chi connectivity index (χ1n) is 28.3. The van der Waals surface area contributed by atoms with Crippen LogP contribution in [0.25, 0.3) is 0 Å². The Hall–Kier alpha value is -2.80. The van der Waals surface area contributed by atoms with E-state index >= 15 is 0 Å². The van der Waals surface area contributed by atoms with E-state index in [0.29, 0.717) is 31.6 Å². The third-order valence-electron chi connectivity index (χ3n) is 18.2. The minimum absolute atomic E-state index is 0.176. The Balaban J connectivity index is 1.24. The van der Waals surface area contributed by atoms with Gasteiger partial charge in [-0.05, 0) is 105 Å². The molecule has 1 aromatic heterocycles. The normalized spacial score (nSPS) is 39.9. The second-order valence-corrected chi connectivity index (χ2v) is 24.4. The van der Waals surface area contributed by atoms with E-state index in [0.717, 1.165) is 38.3 Å². The van der Waals surface area contributed by atoms with Crippen molar-refractivity contribution in [1.29, 1.82) is 0 Å². The molecular weight excluding hydrogens is 994 g/mol. The molecule has 4 aliphatic rings. The summed E-state index contributed by atoms with van der Waals surface area (Å²) in [6.07, 6.45) is -6.07. The van der Waals surface area contributed by atoms with Crippen molar-refractivity contribution in [3.63, 3.8) is 0 Å². The van der Waals surface area contributed by atoms with Crippen LogP contribution in [0.2, 0.25) is 0 Å². The van der Waals surface area contributed by atoms with Crippen molar-refractivity contribution in [3.05, 3.63) is 47.3 Å². The molecule has 0 aliphatic carbocycles. The minimum Gasteiger partial charge on any atom is -0.459 e. The van der Waals surface area contributed by atoms with Crippen molar-refractivity contribution < 1.29 is 63.1 Å². The fourth-order valence-electron chi connectivity index (χ4n) is 13.1. The van der Waals surface area contributed by atoms with Crippen molar-refractivity contribution >= 4 is 5.97 Å². The van der Waals surface area contributed by atoms with E-state index in [1.165, 1.54) is 24.3 Å². The molecule has 2 aromatic rings. The highest BCUT2D eigenvalue weighted by molar-refractivity contribution is 5.73. The maximum Gasteiger partial charge on any atom is 0.309 e. The van der Waals surface area contributed by atoms with Gasteiger partial charge < -0.3 is 68.7 Å². The van der Waals surface area contributed by atoms with Gasteiger partial charge in [-0.1, -0.05) is 57.2 Å². The first-order valence-corrected chi connectivity index (χ1v) is 28.3. The molecule has 0 saturated carbocycles. The largest absolute Gasteiger partial charge is 0.459 e. The van der Waals surface area contributed by atoms with E-state index in [2.05, 4.69) is 39.3 Å². The van der Waals surface area contributed by atoms with Crippen LogP contribution in [-0.2, 0) is 46.2 Å². The van der Waals surface area contributed by atoms with E-state index in [4.69, 9.17) is 28.4 Å². The van der Waals surface area contributed by atoms with Gasteiger partial charge in [-0.15, -0.1) is 5.10 Å². The number of halogens is 1. The van der Waals surface area contributed by atoms with E-state index < -0.39 is 120 Å². The predicted molar refractivity (Wildman–Crippen MR) is 289 cm³/mol. The number of cyclic esters (lactones) is 1. The summed E-state index contributed by atoms with van der Waals surface area (Å²) in [6, 6.07) is 6.38. The van der Waals surface area contributed by atoms with Gasteiger partial charge in [0.2, 0.25) is 0 Å². The molecule has 4 aliphatic heterocycles. The Kier molecular flexibility index (Phi) is 22.1. The lowest BCUT2D eigenvalue weighted by Gasteiger charge is -2.51. The molecule has 4 saturated heterocycles. The van der Waals surface area contributed by atoms with Gasteiger partial charge in [-0.3, -0.25) is 9.69 Å². The molecule has 4 fully saturated rings. The van der Waals surface area contributed by atoms with Crippen LogP contribution in [0, 0.1) is 23.7 Å². The van der Waals surface area contributed by atoms with Crippen molar-refractivity contribution in [2.24, 2.45) is 23.7 Å². The number of likely N-dealkylation sites (N-methyl/N-ethyl adjacent to an activating group) is 3. The zero-order valence-electron chi connectivity index (χ0n) is 49.0. The van der Waals surface area contributed by atoms with Gasteiger partial charge >= 0.3 is 5.97 Å². The molecule has 5 heterocycles. The Bertz CT molecular complexity index is 2130. The summed E-state index contributed by atoms with van der Waals surface area (Å²) < 4.78 is 54.7. The number of ether oxygens (including phenoxy) is 6. The van der Waals surface area contributed by atoms with E-state index in [-0.39, 0.29) is 31.3 Å². The Morgan fingerprint density at radius 2 is 1.60 bits per heavy atom. The molecule has 20 heteroatoms. The molecule has 6 rings (SSSR count). The van der Waals surface area contributed by atoms with Gasteiger partial charge in [0.1, 0.15) is 48.8 Å². The number of nitrogens with zero attached hydrogens (tertiary/aromatic N) is 7. The predicted octanol–water partition coefficient (Wildman–Crippen LogP) is 4.02. The van der Waals surface area contributed by atoms with Crippen molar-refractivity contribution in [2.45, 2.75) is 204 Å². The maximum absolute atomic E-state index is 15.0. The number of alkyl halides is 1. The van der Waals surface area contributed by atoms with Crippen molar-refractivity contribution in [3.8, 4) is 0 Å². The number of esters is 1. The van der Waals surface area contributed by atoms with Crippen LogP contribution in [0.15, 0.2) is 30.5 Å². The van der Waals surface area contributed by atoms with Crippen LogP contribution in [0.4, 0.5) is 4.39 Å². The molecule has 0 radical (unpaired) electrons. The van der Waals surface area contributed by atoms with Gasteiger partial charge in [0, 0.05) is 97.1 Å². The minimum atomic E-state index is -1.83. The van der Waals surface area contributed by atoms with Crippen molar-refractivity contribution in [1.82, 2.24) is 34.6 Å². The topological polar surface area (TPSA) is 217 Å². The number of methoxy groups -OCH3 is 2. The van der Waals surface area contributed by atoms with Crippen LogP contribution in [0.5, 0.6) is 0 Å². The molecule has 440 valence electrons. The molecular formula is C57H98FN7O12. The van der Waals surface area contributed by atoms with E-state index in [1.807, 2.05) is 63.7 Å². The summed E-state index contributed by atoms with van der Waals surface area (Å²) >= 11 is 0. The summed E-state index contributed by atoms with van der Waals surface area (Å²) in [5.41, 5.74) is -1.84. The van der Waals surface area contributed by atoms with Crippen LogP contribution in [-0.4, -0.2) is 231 Å². The van der Waals surface area contributed by atoms with E-state index in [1.54, 1.807) is 47.9 Å². The third kappa shape index (κ3) is 14.8. The summed E-state index contributed by atoms with van der Waals surface area (Å²) in [4.78, 5) is 23.4. The number of aliphatic hydroxyl groups is 5. The quantitative estimate of drug-likeness (QED) is 0.150. The number of rotatable bonds is 16. The third-order valence-corrected chi connectivity index (χ3v) is 18.2. The van der Waals surface area contributed by atoms with Gasteiger partial charge in [-0.25, -0.2) is 9.07 Å². The molecule has 5 N–H and O–H groups in total. The molecule has 1 unspecified atom stereocenters.